The van der Waals surface area contributed by atoms with Crippen molar-refractivity contribution in [3.63, 3.8) is 0 Å². The van der Waals surface area contributed by atoms with Crippen molar-refractivity contribution in [2.45, 2.75) is 6.54 Å². The third-order valence-corrected chi connectivity index (χ3v) is 3.78. The van der Waals surface area contributed by atoms with E-state index in [1.807, 2.05) is 6.07 Å². The molecule has 0 aliphatic rings. The Morgan fingerprint density at radius 2 is 2.21 bits per heavy atom. The largest absolute Gasteiger partial charge is 0.495 e. The number of hydrogen-bond acceptors (Lipinski definition) is 4. The van der Waals surface area contributed by atoms with E-state index in [-0.39, 0.29) is 5.91 Å². The summed E-state index contributed by atoms with van der Waals surface area (Å²) in [5.41, 5.74) is 6.70. The predicted molar refractivity (Wildman–Crippen MR) is 77.9 cm³/mol. The van der Waals surface area contributed by atoms with Gasteiger partial charge in [0, 0.05) is 10.4 Å². The summed E-state index contributed by atoms with van der Waals surface area (Å²) in [5, 5.41) is 2.81. The zero-order valence-corrected chi connectivity index (χ0v) is 11.8. The highest BCUT2D eigenvalue weighted by molar-refractivity contribution is 7.16. The van der Waals surface area contributed by atoms with Crippen LogP contribution in [0.2, 0.25) is 4.34 Å². The lowest BCUT2D eigenvalue weighted by Crippen LogP contribution is -2.22. The van der Waals surface area contributed by atoms with Crippen LogP contribution in [0, 0.1) is 0 Å². The molecule has 1 aromatic heterocycles. The van der Waals surface area contributed by atoms with E-state index in [1.165, 1.54) is 18.4 Å². The van der Waals surface area contributed by atoms with Crippen LogP contribution >= 0.6 is 22.9 Å². The number of carbonyl (C=O) groups excluding carboxylic acids is 1. The third-order valence-electron chi connectivity index (χ3n) is 2.54. The first-order chi connectivity index (χ1) is 9.10. The molecule has 6 heteroatoms. The SMILES string of the molecule is COc1ccc(C(=O)NCc2ccc(Cl)s2)cc1N. The molecule has 0 bridgehead atoms. The fraction of sp³-hybridized carbons (Fsp3) is 0.154. The number of rotatable bonds is 4. The molecule has 1 heterocycles. The van der Waals surface area contributed by atoms with Crippen LogP contribution in [0.3, 0.4) is 0 Å². The minimum Gasteiger partial charge on any atom is -0.495 e. The molecule has 1 amide bonds. The van der Waals surface area contributed by atoms with Crippen molar-refractivity contribution in [1.29, 1.82) is 0 Å². The van der Waals surface area contributed by atoms with Gasteiger partial charge in [-0.15, -0.1) is 11.3 Å². The second-order valence-electron chi connectivity index (χ2n) is 3.85. The quantitative estimate of drug-likeness (QED) is 0.853. The van der Waals surface area contributed by atoms with Gasteiger partial charge in [0.05, 0.1) is 23.7 Å². The highest BCUT2D eigenvalue weighted by Gasteiger charge is 2.08. The summed E-state index contributed by atoms with van der Waals surface area (Å²) in [6.45, 7) is 0.447. The highest BCUT2D eigenvalue weighted by Crippen LogP contribution is 2.23. The molecule has 0 aliphatic heterocycles. The number of nitrogens with one attached hydrogen (secondary N) is 1. The normalized spacial score (nSPS) is 10.2. The van der Waals surface area contributed by atoms with E-state index in [4.69, 9.17) is 22.1 Å². The Morgan fingerprint density at radius 3 is 2.79 bits per heavy atom. The van der Waals surface area contributed by atoms with Crippen LogP contribution in [0.5, 0.6) is 5.75 Å². The molecule has 2 aromatic rings. The molecule has 1 aromatic carbocycles. The van der Waals surface area contributed by atoms with Crippen LogP contribution in [0.1, 0.15) is 15.2 Å². The van der Waals surface area contributed by atoms with Gasteiger partial charge in [0.2, 0.25) is 0 Å². The van der Waals surface area contributed by atoms with Gasteiger partial charge in [0.15, 0.2) is 0 Å². The monoisotopic (exact) mass is 296 g/mol. The number of nitrogens with two attached hydrogens (primary N) is 1. The van der Waals surface area contributed by atoms with Gasteiger partial charge in [0.25, 0.3) is 5.91 Å². The van der Waals surface area contributed by atoms with Crippen LogP contribution < -0.4 is 15.8 Å². The molecule has 0 aliphatic carbocycles. The number of thiophene rings is 1. The van der Waals surface area contributed by atoms with Crippen LogP contribution in [0.4, 0.5) is 5.69 Å². The molecule has 0 radical (unpaired) electrons. The fourth-order valence-corrected chi connectivity index (χ4v) is 2.62. The zero-order chi connectivity index (χ0) is 13.8. The van der Waals surface area contributed by atoms with Crippen molar-refractivity contribution in [1.82, 2.24) is 5.32 Å². The van der Waals surface area contributed by atoms with E-state index < -0.39 is 0 Å². The molecule has 4 nitrogen and oxygen atoms in total. The van der Waals surface area contributed by atoms with E-state index in [0.717, 1.165) is 4.88 Å². The van der Waals surface area contributed by atoms with Gasteiger partial charge in [-0.3, -0.25) is 4.79 Å². The topological polar surface area (TPSA) is 64.3 Å². The van der Waals surface area contributed by atoms with Crippen molar-refractivity contribution < 1.29 is 9.53 Å². The summed E-state index contributed by atoms with van der Waals surface area (Å²) in [6.07, 6.45) is 0. The lowest BCUT2D eigenvalue weighted by atomic mass is 10.1. The first kappa shape index (κ1) is 13.7. The average Bonchev–Trinajstić information content (AvgIpc) is 2.81. The molecular formula is C13H13ClN2O2S. The number of nitrogen functional groups attached to an aromatic ring is 1. The highest BCUT2D eigenvalue weighted by atomic mass is 35.5. The smallest absolute Gasteiger partial charge is 0.251 e. The van der Waals surface area contributed by atoms with E-state index in [1.54, 1.807) is 24.3 Å². The first-order valence-electron chi connectivity index (χ1n) is 5.56. The summed E-state index contributed by atoms with van der Waals surface area (Å²) in [5.74, 6) is 0.375. The molecule has 100 valence electrons. The molecule has 2 rings (SSSR count). The Morgan fingerprint density at radius 1 is 1.42 bits per heavy atom. The van der Waals surface area contributed by atoms with Crippen LogP contribution in [0.25, 0.3) is 0 Å². The molecular weight excluding hydrogens is 284 g/mol. The van der Waals surface area contributed by atoms with Gasteiger partial charge in [0.1, 0.15) is 5.75 Å². The van der Waals surface area contributed by atoms with Gasteiger partial charge < -0.3 is 15.8 Å². The van der Waals surface area contributed by atoms with Gasteiger partial charge in [-0.2, -0.15) is 0 Å². The molecule has 0 atom stereocenters. The Kier molecular flexibility index (Phi) is 4.29. The van der Waals surface area contributed by atoms with Crippen LogP contribution in [-0.2, 0) is 6.54 Å². The standard InChI is InChI=1S/C13H13ClN2O2S/c1-18-11-4-2-8(6-10(11)15)13(17)16-7-9-3-5-12(14)19-9/h2-6H,7,15H2,1H3,(H,16,17). The lowest BCUT2D eigenvalue weighted by molar-refractivity contribution is 0.0951. The molecule has 0 saturated heterocycles. The van der Waals surface area contributed by atoms with Gasteiger partial charge in [-0.25, -0.2) is 0 Å². The minimum absolute atomic E-state index is 0.182. The summed E-state index contributed by atoms with van der Waals surface area (Å²) < 4.78 is 5.75. The Hall–Kier alpha value is -1.72. The zero-order valence-electron chi connectivity index (χ0n) is 10.3. The van der Waals surface area contributed by atoms with Crippen molar-refractivity contribution in [2.24, 2.45) is 0 Å². The molecule has 0 fully saturated rings. The Labute approximate surface area is 120 Å². The van der Waals surface area contributed by atoms with E-state index >= 15 is 0 Å². The van der Waals surface area contributed by atoms with Gasteiger partial charge >= 0.3 is 0 Å². The number of anilines is 1. The van der Waals surface area contributed by atoms with Gasteiger partial charge in [-0.05, 0) is 30.3 Å². The number of halogens is 1. The Bertz CT molecular complexity index is 598. The van der Waals surface area contributed by atoms with Crippen LogP contribution in [-0.4, -0.2) is 13.0 Å². The maximum atomic E-state index is 11.9. The summed E-state index contributed by atoms with van der Waals surface area (Å²) >= 11 is 7.26. The number of hydrogen-bond donors (Lipinski definition) is 2. The van der Waals surface area contributed by atoms with E-state index in [9.17, 15) is 4.79 Å². The van der Waals surface area contributed by atoms with Gasteiger partial charge in [-0.1, -0.05) is 11.6 Å². The summed E-state index contributed by atoms with van der Waals surface area (Å²) in [4.78, 5) is 12.9. The summed E-state index contributed by atoms with van der Waals surface area (Å²) in [6, 6.07) is 8.63. The molecule has 0 unspecified atom stereocenters. The number of carbonyl (C=O) groups is 1. The van der Waals surface area contributed by atoms with Crippen LogP contribution in [0.15, 0.2) is 30.3 Å². The minimum atomic E-state index is -0.182. The molecule has 3 N–H and O–H groups in total. The van der Waals surface area contributed by atoms with E-state index in [0.29, 0.717) is 27.9 Å². The van der Waals surface area contributed by atoms with Crippen molar-refractivity contribution >= 4 is 34.5 Å². The number of methoxy groups -OCH3 is 1. The number of amides is 1. The first-order valence-corrected chi connectivity index (χ1v) is 6.75. The van der Waals surface area contributed by atoms with E-state index in [2.05, 4.69) is 5.32 Å². The van der Waals surface area contributed by atoms with Crippen molar-refractivity contribution in [3.05, 3.63) is 45.1 Å². The number of benzene rings is 1. The maximum absolute atomic E-state index is 11.9. The Balaban J connectivity index is 2.01. The lowest BCUT2D eigenvalue weighted by Gasteiger charge is -2.07. The second-order valence-corrected chi connectivity index (χ2v) is 5.64. The predicted octanol–water partition coefficient (Wildman–Crippen LogP) is 2.92. The van der Waals surface area contributed by atoms with Crippen molar-refractivity contribution in [2.75, 3.05) is 12.8 Å². The number of ether oxygens (including phenoxy) is 1. The fourth-order valence-electron chi connectivity index (χ4n) is 1.59. The molecule has 0 spiro atoms. The molecule has 19 heavy (non-hydrogen) atoms. The third kappa shape index (κ3) is 3.39. The second kappa shape index (κ2) is 5.95. The molecule has 0 saturated carbocycles. The maximum Gasteiger partial charge on any atom is 0.251 e. The van der Waals surface area contributed by atoms with Crippen molar-refractivity contribution in [3.8, 4) is 5.75 Å². The average molecular weight is 297 g/mol. The summed E-state index contributed by atoms with van der Waals surface area (Å²) in [7, 11) is 1.53.